The molecular weight excluding hydrogens is 414 g/mol. The average molecular weight is 486 g/mol. The third-order valence-electron chi connectivity index (χ3n) is 4.97. The van der Waals surface area contributed by atoms with Crippen LogP contribution in [0.5, 0.6) is 0 Å². The molecule has 0 heterocycles. The maximum atomic E-state index is 3.48. The first kappa shape index (κ1) is 38.4. The van der Waals surface area contributed by atoms with Crippen molar-refractivity contribution in [1.82, 2.24) is 16.0 Å². The molecule has 0 fully saturated rings. The summed E-state index contributed by atoms with van der Waals surface area (Å²) in [6.45, 7) is 41.9. The van der Waals surface area contributed by atoms with Gasteiger partial charge < -0.3 is 16.0 Å². The second-order valence-electron chi connectivity index (χ2n) is 15.7. The third kappa shape index (κ3) is 49.1. The summed E-state index contributed by atoms with van der Waals surface area (Å²) in [5, 5.41) is 10.3. The summed E-state index contributed by atoms with van der Waals surface area (Å²) in [5.74, 6) is 0.773. The van der Waals surface area contributed by atoms with Crippen LogP contribution >= 0.6 is 0 Å². The highest BCUT2D eigenvalue weighted by atomic mass is 14.9. The zero-order chi connectivity index (χ0) is 27.6. The molecule has 0 bridgehead atoms. The summed E-state index contributed by atoms with van der Waals surface area (Å²) in [6.07, 6.45) is 5.12. The van der Waals surface area contributed by atoms with Crippen LogP contribution in [0.4, 0.5) is 0 Å². The molecule has 0 rings (SSSR count). The van der Waals surface area contributed by atoms with Gasteiger partial charge in [-0.15, -0.1) is 0 Å². The summed E-state index contributed by atoms with van der Waals surface area (Å²) >= 11 is 0. The monoisotopic (exact) mass is 486 g/mol. The summed E-state index contributed by atoms with van der Waals surface area (Å²) in [4.78, 5) is 0. The maximum absolute atomic E-state index is 3.48. The SMILES string of the molecule is CC(C)(C)CCNCC(C)(C)C.CC(C)CNCCC(C)(C)C.CC(C)NCCCC(C)(C)C. The lowest BCUT2D eigenvalue weighted by Gasteiger charge is -2.22. The van der Waals surface area contributed by atoms with Crippen molar-refractivity contribution in [3.63, 3.8) is 0 Å². The van der Waals surface area contributed by atoms with Gasteiger partial charge in [0.1, 0.15) is 0 Å². The highest BCUT2D eigenvalue weighted by Gasteiger charge is 2.12. The fraction of sp³-hybridized carbons (Fsp3) is 1.00. The van der Waals surface area contributed by atoms with Crippen LogP contribution < -0.4 is 16.0 Å². The second-order valence-corrected chi connectivity index (χ2v) is 15.7. The molecule has 3 N–H and O–H groups in total. The topological polar surface area (TPSA) is 36.1 Å². The molecule has 0 radical (unpaired) electrons. The van der Waals surface area contributed by atoms with Crippen molar-refractivity contribution in [2.45, 2.75) is 143 Å². The summed E-state index contributed by atoms with van der Waals surface area (Å²) in [6, 6.07) is 0.634. The first-order valence-electron chi connectivity index (χ1n) is 14.2. The summed E-state index contributed by atoms with van der Waals surface area (Å²) < 4.78 is 0. The lowest BCUT2D eigenvalue weighted by molar-refractivity contribution is 0.333. The van der Waals surface area contributed by atoms with E-state index in [1.54, 1.807) is 0 Å². The number of hydrogen-bond donors (Lipinski definition) is 3. The van der Waals surface area contributed by atoms with E-state index in [0.717, 1.165) is 38.6 Å². The Morgan fingerprint density at radius 3 is 1.24 bits per heavy atom. The number of nitrogens with one attached hydrogen (secondary N) is 3. The van der Waals surface area contributed by atoms with Gasteiger partial charge in [-0.3, -0.25) is 0 Å². The van der Waals surface area contributed by atoms with Crippen molar-refractivity contribution >= 4 is 0 Å². The van der Waals surface area contributed by atoms with Gasteiger partial charge in [-0.05, 0) is 86.0 Å². The van der Waals surface area contributed by atoms with Crippen molar-refractivity contribution in [3.8, 4) is 0 Å². The summed E-state index contributed by atoms with van der Waals surface area (Å²) in [7, 11) is 0. The van der Waals surface area contributed by atoms with E-state index in [1.165, 1.54) is 25.7 Å². The van der Waals surface area contributed by atoms with E-state index < -0.39 is 0 Å². The average Bonchev–Trinajstić information content (AvgIpc) is 2.57. The van der Waals surface area contributed by atoms with Gasteiger partial charge in [-0.25, -0.2) is 0 Å². The van der Waals surface area contributed by atoms with E-state index in [4.69, 9.17) is 0 Å². The second kappa shape index (κ2) is 19.1. The van der Waals surface area contributed by atoms with E-state index in [1.807, 2.05) is 0 Å². The fourth-order valence-electron chi connectivity index (χ4n) is 2.79. The molecule has 34 heavy (non-hydrogen) atoms. The predicted octanol–water partition coefficient (Wildman–Crippen LogP) is 8.54. The van der Waals surface area contributed by atoms with Crippen LogP contribution in [0.15, 0.2) is 0 Å². The van der Waals surface area contributed by atoms with E-state index >= 15 is 0 Å². The molecular formula is C31H71N3. The van der Waals surface area contributed by atoms with Crippen molar-refractivity contribution in [3.05, 3.63) is 0 Å². The van der Waals surface area contributed by atoms with Gasteiger partial charge in [-0.1, -0.05) is 111 Å². The molecule has 0 aliphatic rings. The lowest BCUT2D eigenvalue weighted by atomic mass is 9.91. The zero-order valence-electron chi connectivity index (χ0n) is 27.0. The van der Waals surface area contributed by atoms with Crippen LogP contribution in [-0.2, 0) is 0 Å². The van der Waals surface area contributed by atoms with Gasteiger partial charge in [0.2, 0.25) is 0 Å². The van der Waals surface area contributed by atoms with Gasteiger partial charge in [-0.2, -0.15) is 0 Å². The molecule has 0 unspecified atom stereocenters. The van der Waals surface area contributed by atoms with Gasteiger partial charge >= 0.3 is 0 Å². The van der Waals surface area contributed by atoms with Crippen molar-refractivity contribution < 1.29 is 0 Å². The number of rotatable bonds is 11. The molecule has 0 aliphatic carbocycles. The molecule has 0 saturated heterocycles. The van der Waals surface area contributed by atoms with Crippen LogP contribution in [0.2, 0.25) is 0 Å². The lowest BCUT2D eigenvalue weighted by Crippen LogP contribution is -2.29. The molecule has 210 valence electrons. The fourth-order valence-corrected chi connectivity index (χ4v) is 2.79. The van der Waals surface area contributed by atoms with Crippen LogP contribution in [0.3, 0.4) is 0 Å². The Morgan fingerprint density at radius 1 is 0.500 bits per heavy atom. The highest BCUT2D eigenvalue weighted by molar-refractivity contribution is 4.68. The molecule has 0 aliphatic heterocycles. The Balaban J connectivity index is -0.000000425. The largest absolute Gasteiger partial charge is 0.316 e. The van der Waals surface area contributed by atoms with E-state index in [2.05, 4.69) is 127 Å². The Kier molecular flexibility index (Phi) is 21.5. The Hall–Kier alpha value is -0.120. The molecule has 3 heteroatoms. The predicted molar refractivity (Wildman–Crippen MR) is 160 cm³/mol. The summed E-state index contributed by atoms with van der Waals surface area (Å²) in [5.41, 5.74) is 1.85. The molecule has 0 saturated carbocycles. The maximum Gasteiger partial charge on any atom is 0.00103 e. The zero-order valence-corrected chi connectivity index (χ0v) is 27.0. The number of hydrogen-bond acceptors (Lipinski definition) is 3. The standard InChI is InChI=1S/C11H25N.2C10H23N/c1-10(2,3)7-8-12-9-11(4,5)6;1-9(2)8-11-7-6-10(3,4)5;1-9(2)11-8-6-7-10(3,4)5/h12H,7-9H2,1-6H3;2*9,11H,6-8H2,1-5H3. The van der Waals surface area contributed by atoms with Crippen LogP contribution in [0.1, 0.15) is 136 Å². The third-order valence-corrected chi connectivity index (χ3v) is 4.97. The Bertz CT molecular complexity index is 384. The van der Waals surface area contributed by atoms with E-state index in [0.29, 0.717) is 27.7 Å². The van der Waals surface area contributed by atoms with Crippen LogP contribution in [0, 0.1) is 27.6 Å². The van der Waals surface area contributed by atoms with Crippen LogP contribution in [0.25, 0.3) is 0 Å². The molecule has 0 amide bonds. The van der Waals surface area contributed by atoms with Gasteiger partial charge in [0, 0.05) is 6.04 Å². The molecule has 0 spiro atoms. The molecule has 0 aromatic rings. The molecule has 0 aromatic carbocycles. The van der Waals surface area contributed by atoms with Gasteiger partial charge in [0.05, 0.1) is 0 Å². The quantitative estimate of drug-likeness (QED) is 0.257. The van der Waals surface area contributed by atoms with Crippen LogP contribution in [-0.4, -0.2) is 38.8 Å². The van der Waals surface area contributed by atoms with Crippen molar-refractivity contribution in [2.75, 3.05) is 32.7 Å². The smallest absolute Gasteiger partial charge is 0.00103 e. The first-order valence-corrected chi connectivity index (χ1v) is 14.2. The Morgan fingerprint density at radius 2 is 0.912 bits per heavy atom. The van der Waals surface area contributed by atoms with E-state index in [9.17, 15) is 0 Å². The minimum atomic E-state index is 0.415. The van der Waals surface area contributed by atoms with E-state index in [-0.39, 0.29) is 0 Å². The van der Waals surface area contributed by atoms with Crippen molar-refractivity contribution in [2.24, 2.45) is 27.6 Å². The molecule has 3 nitrogen and oxygen atoms in total. The Labute approximate surface area is 218 Å². The molecule has 0 aromatic heterocycles. The normalized spacial score (nSPS) is 12.9. The van der Waals surface area contributed by atoms with Gasteiger partial charge in [0.25, 0.3) is 0 Å². The minimum Gasteiger partial charge on any atom is -0.316 e. The molecule has 0 atom stereocenters. The van der Waals surface area contributed by atoms with Gasteiger partial charge in [0.15, 0.2) is 0 Å². The van der Waals surface area contributed by atoms with Crippen molar-refractivity contribution in [1.29, 1.82) is 0 Å². The minimum absolute atomic E-state index is 0.415. The first-order chi connectivity index (χ1) is 15.0. The highest BCUT2D eigenvalue weighted by Crippen LogP contribution is 2.20.